The zero-order chi connectivity index (χ0) is 15.1. The summed E-state index contributed by atoms with van der Waals surface area (Å²) < 4.78 is 0. The number of aromatic nitrogens is 2. The number of amides is 1. The van der Waals surface area contributed by atoms with E-state index in [-0.39, 0.29) is 12.5 Å². The number of carbonyl (C=O) groups excluding carboxylic acids is 1. The fourth-order valence-electron chi connectivity index (χ4n) is 1.69. The number of aliphatic hydroxyl groups excluding tert-OH is 1. The molecule has 0 saturated heterocycles. The zero-order valence-corrected chi connectivity index (χ0v) is 11.6. The lowest BCUT2D eigenvalue weighted by molar-refractivity contribution is 0.102. The summed E-state index contributed by atoms with van der Waals surface area (Å²) >= 11 is 0. The molecule has 0 unspecified atom stereocenters. The molecule has 0 spiro atoms. The molecule has 5 nitrogen and oxygen atoms in total. The molecule has 0 fully saturated rings. The van der Waals surface area contributed by atoms with Crippen molar-refractivity contribution in [1.82, 2.24) is 9.97 Å². The van der Waals surface area contributed by atoms with Gasteiger partial charge in [-0.05, 0) is 24.6 Å². The monoisotopic (exact) mass is 281 g/mol. The van der Waals surface area contributed by atoms with Crippen LogP contribution in [0.2, 0.25) is 0 Å². The quantitative estimate of drug-likeness (QED) is 0.841. The SMILES string of the molecule is Cc1ccc(C#CCCO)c(NC(=O)c2cncnc2)c1. The number of hydrogen-bond acceptors (Lipinski definition) is 4. The van der Waals surface area contributed by atoms with Gasteiger partial charge in [0, 0.05) is 24.4 Å². The van der Waals surface area contributed by atoms with Gasteiger partial charge in [0.1, 0.15) is 6.33 Å². The van der Waals surface area contributed by atoms with E-state index < -0.39 is 0 Å². The third-order valence-electron chi connectivity index (χ3n) is 2.71. The van der Waals surface area contributed by atoms with Crippen LogP contribution in [0.15, 0.2) is 36.9 Å². The van der Waals surface area contributed by atoms with E-state index in [2.05, 4.69) is 27.1 Å². The molecule has 0 aliphatic carbocycles. The van der Waals surface area contributed by atoms with Crippen LogP contribution in [0, 0.1) is 18.8 Å². The molecule has 0 saturated carbocycles. The van der Waals surface area contributed by atoms with E-state index >= 15 is 0 Å². The van der Waals surface area contributed by atoms with Gasteiger partial charge in [0.05, 0.1) is 17.9 Å². The van der Waals surface area contributed by atoms with Gasteiger partial charge in [0.15, 0.2) is 0 Å². The highest BCUT2D eigenvalue weighted by molar-refractivity contribution is 6.04. The molecular formula is C16H15N3O2. The number of rotatable bonds is 3. The third-order valence-corrected chi connectivity index (χ3v) is 2.71. The van der Waals surface area contributed by atoms with Crippen molar-refractivity contribution in [2.45, 2.75) is 13.3 Å². The van der Waals surface area contributed by atoms with Crippen LogP contribution in [0.5, 0.6) is 0 Å². The first-order valence-corrected chi connectivity index (χ1v) is 6.47. The second-order valence-electron chi connectivity index (χ2n) is 4.41. The van der Waals surface area contributed by atoms with Crippen molar-refractivity contribution in [1.29, 1.82) is 0 Å². The topological polar surface area (TPSA) is 75.1 Å². The van der Waals surface area contributed by atoms with Gasteiger partial charge >= 0.3 is 0 Å². The van der Waals surface area contributed by atoms with E-state index in [1.54, 1.807) is 0 Å². The highest BCUT2D eigenvalue weighted by atomic mass is 16.2. The Morgan fingerprint density at radius 3 is 2.81 bits per heavy atom. The molecular weight excluding hydrogens is 266 g/mol. The number of benzene rings is 1. The van der Waals surface area contributed by atoms with E-state index in [9.17, 15) is 4.79 Å². The van der Waals surface area contributed by atoms with E-state index in [0.717, 1.165) is 5.56 Å². The van der Waals surface area contributed by atoms with E-state index in [4.69, 9.17) is 5.11 Å². The molecule has 2 rings (SSSR count). The van der Waals surface area contributed by atoms with Gasteiger partial charge in [-0.15, -0.1) is 0 Å². The second kappa shape index (κ2) is 7.17. The number of aliphatic hydroxyl groups is 1. The van der Waals surface area contributed by atoms with Crippen molar-refractivity contribution in [2.24, 2.45) is 0 Å². The van der Waals surface area contributed by atoms with Crippen molar-refractivity contribution in [3.8, 4) is 11.8 Å². The molecule has 2 aromatic rings. The van der Waals surface area contributed by atoms with Crippen LogP contribution in [-0.4, -0.2) is 27.6 Å². The van der Waals surface area contributed by atoms with Gasteiger partial charge in [0.2, 0.25) is 0 Å². The van der Waals surface area contributed by atoms with Crippen LogP contribution < -0.4 is 5.32 Å². The Balaban J connectivity index is 2.25. The third kappa shape index (κ3) is 4.13. The molecule has 0 radical (unpaired) electrons. The zero-order valence-electron chi connectivity index (χ0n) is 11.6. The number of anilines is 1. The van der Waals surface area contributed by atoms with Crippen molar-refractivity contribution >= 4 is 11.6 Å². The summed E-state index contributed by atoms with van der Waals surface area (Å²) in [4.78, 5) is 19.8. The molecule has 5 heteroatoms. The predicted octanol–water partition coefficient (Wildman–Crippen LogP) is 1.77. The highest BCUT2D eigenvalue weighted by Gasteiger charge is 2.09. The molecule has 1 amide bonds. The van der Waals surface area contributed by atoms with Gasteiger partial charge in [-0.3, -0.25) is 4.79 Å². The van der Waals surface area contributed by atoms with E-state index in [1.807, 2.05) is 25.1 Å². The first-order valence-electron chi connectivity index (χ1n) is 6.47. The maximum Gasteiger partial charge on any atom is 0.258 e. The standard InChI is InChI=1S/C16H15N3O2/c1-12-5-6-13(4-2-3-7-20)15(8-12)19-16(21)14-9-17-11-18-10-14/h5-6,8-11,20H,3,7H2,1H3,(H,19,21). The highest BCUT2D eigenvalue weighted by Crippen LogP contribution is 2.17. The maximum atomic E-state index is 12.1. The molecule has 0 aliphatic heterocycles. The van der Waals surface area contributed by atoms with E-state index in [1.165, 1.54) is 18.7 Å². The Bertz CT molecular complexity index is 688. The van der Waals surface area contributed by atoms with Gasteiger partial charge in [0.25, 0.3) is 5.91 Å². The number of nitrogens with zero attached hydrogens (tertiary/aromatic N) is 2. The molecule has 0 atom stereocenters. The summed E-state index contributed by atoms with van der Waals surface area (Å²) in [6.45, 7) is 1.95. The van der Waals surface area contributed by atoms with Crippen molar-refractivity contribution < 1.29 is 9.90 Å². The average molecular weight is 281 g/mol. The summed E-state index contributed by atoms with van der Waals surface area (Å²) in [5.74, 6) is 5.50. The summed E-state index contributed by atoms with van der Waals surface area (Å²) in [5, 5.41) is 11.6. The molecule has 1 aromatic heterocycles. The van der Waals surface area contributed by atoms with Crippen molar-refractivity contribution in [3.05, 3.63) is 53.6 Å². The van der Waals surface area contributed by atoms with E-state index in [0.29, 0.717) is 23.2 Å². The fourth-order valence-corrected chi connectivity index (χ4v) is 1.69. The van der Waals surface area contributed by atoms with Gasteiger partial charge in [-0.1, -0.05) is 17.9 Å². The van der Waals surface area contributed by atoms with Crippen LogP contribution in [-0.2, 0) is 0 Å². The normalized spacial score (nSPS) is 9.62. The smallest absolute Gasteiger partial charge is 0.258 e. The van der Waals surface area contributed by atoms with Crippen LogP contribution in [0.3, 0.4) is 0 Å². The summed E-state index contributed by atoms with van der Waals surface area (Å²) in [6, 6.07) is 5.62. The molecule has 2 N–H and O–H groups in total. The molecule has 21 heavy (non-hydrogen) atoms. The molecule has 0 aliphatic rings. The summed E-state index contributed by atoms with van der Waals surface area (Å²) in [5.41, 5.74) is 2.74. The molecule has 1 heterocycles. The number of hydrogen-bond donors (Lipinski definition) is 2. The average Bonchev–Trinajstić information content (AvgIpc) is 2.50. The van der Waals surface area contributed by atoms with Crippen molar-refractivity contribution in [3.63, 3.8) is 0 Å². The number of carbonyl (C=O) groups is 1. The minimum Gasteiger partial charge on any atom is -0.395 e. The first-order chi connectivity index (χ1) is 10.2. The predicted molar refractivity (Wildman–Crippen MR) is 79.7 cm³/mol. The minimum atomic E-state index is -0.286. The Kier molecular flexibility index (Phi) is 5.02. The van der Waals surface area contributed by atoms with Gasteiger partial charge in [-0.2, -0.15) is 0 Å². The molecule has 0 bridgehead atoms. The lowest BCUT2D eigenvalue weighted by Crippen LogP contribution is -2.13. The van der Waals surface area contributed by atoms with Crippen LogP contribution in [0.25, 0.3) is 0 Å². The minimum absolute atomic E-state index is 0.0158. The summed E-state index contributed by atoms with van der Waals surface area (Å²) in [6.07, 6.45) is 4.67. The Morgan fingerprint density at radius 1 is 1.33 bits per heavy atom. The van der Waals surface area contributed by atoms with Crippen molar-refractivity contribution in [2.75, 3.05) is 11.9 Å². The summed E-state index contributed by atoms with van der Waals surface area (Å²) in [7, 11) is 0. The molecule has 106 valence electrons. The Labute approximate surface area is 123 Å². The number of nitrogens with one attached hydrogen (secondary N) is 1. The maximum absolute atomic E-state index is 12.1. The first kappa shape index (κ1) is 14.7. The Morgan fingerprint density at radius 2 is 2.10 bits per heavy atom. The fraction of sp³-hybridized carbons (Fsp3) is 0.188. The molecule has 1 aromatic carbocycles. The number of aryl methyl sites for hydroxylation is 1. The second-order valence-corrected chi connectivity index (χ2v) is 4.41. The van der Waals surface area contributed by atoms with Crippen LogP contribution in [0.1, 0.15) is 27.9 Å². The lowest BCUT2D eigenvalue weighted by atomic mass is 10.1. The van der Waals surface area contributed by atoms with Crippen LogP contribution >= 0.6 is 0 Å². The van der Waals surface area contributed by atoms with Gasteiger partial charge in [-0.25, -0.2) is 9.97 Å². The Hall–Kier alpha value is -2.71. The van der Waals surface area contributed by atoms with Crippen LogP contribution in [0.4, 0.5) is 5.69 Å². The largest absolute Gasteiger partial charge is 0.395 e. The lowest BCUT2D eigenvalue weighted by Gasteiger charge is -2.08. The van der Waals surface area contributed by atoms with Gasteiger partial charge < -0.3 is 10.4 Å².